The lowest BCUT2D eigenvalue weighted by Crippen LogP contribution is -2.44. The van der Waals surface area contributed by atoms with Gasteiger partial charge in [-0.25, -0.2) is 15.4 Å². The van der Waals surface area contributed by atoms with Gasteiger partial charge in [0.25, 0.3) is 0 Å². The minimum absolute atomic E-state index is 0.200. The van der Waals surface area contributed by atoms with Gasteiger partial charge in [-0.05, 0) is 30.7 Å². The molecule has 2 aliphatic rings. The molecule has 29 heavy (non-hydrogen) atoms. The van der Waals surface area contributed by atoms with E-state index in [0.717, 1.165) is 61.2 Å². The topological polar surface area (TPSA) is 92.5 Å². The summed E-state index contributed by atoms with van der Waals surface area (Å²) in [6, 6.07) is 5.96. The van der Waals surface area contributed by atoms with Gasteiger partial charge in [-0.1, -0.05) is 6.92 Å². The number of hydrogen-bond acceptors (Lipinski definition) is 8. The van der Waals surface area contributed by atoms with Crippen LogP contribution in [-0.4, -0.2) is 56.4 Å². The Kier molecular flexibility index (Phi) is 4.40. The summed E-state index contributed by atoms with van der Waals surface area (Å²) in [6.45, 7) is 4.60. The third-order valence-electron chi connectivity index (χ3n) is 5.76. The van der Waals surface area contributed by atoms with Crippen LogP contribution in [0.15, 0.2) is 42.5 Å². The molecule has 0 saturated carbocycles. The molecule has 0 unspecified atom stereocenters. The van der Waals surface area contributed by atoms with Crippen molar-refractivity contribution < 1.29 is 4.74 Å². The molecule has 2 aliphatic heterocycles. The lowest BCUT2D eigenvalue weighted by atomic mass is 9.80. The van der Waals surface area contributed by atoms with Crippen LogP contribution in [0.3, 0.4) is 0 Å². The van der Waals surface area contributed by atoms with Crippen molar-refractivity contribution in [2.75, 3.05) is 32.1 Å². The SMILES string of the molecule is CCC1(Cc2nnc3cc(-c4ccnc(NC5=CCNN5C)n4)ccn23)COC1. The summed E-state index contributed by atoms with van der Waals surface area (Å²) in [5, 5.41) is 14.0. The molecular formula is C20H24N8O. The molecule has 0 radical (unpaired) electrons. The second-order valence-electron chi connectivity index (χ2n) is 7.68. The van der Waals surface area contributed by atoms with Gasteiger partial charge in [-0.3, -0.25) is 9.41 Å². The maximum atomic E-state index is 5.44. The number of anilines is 1. The Morgan fingerprint density at radius 2 is 2.17 bits per heavy atom. The van der Waals surface area contributed by atoms with E-state index in [9.17, 15) is 0 Å². The summed E-state index contributed by atoms with van der Waals surface area (Å²) in [6.07, 6.45) is 7.79. The van der Waals surface area contributed by atoms with Crippen LogP contribution in [0.25, 0.3) is 16.9 Å². The summed E-state index contributed by atoms with van der Waals surface area (Å²) in [5.41, 5.74) is 6.02. The second kappa shape index (κ2) is 7.09. The van der Waals surface area contributed by atoms with Gasteiger partial charge in [0.2, 0.25) is 5.95 Å². The zero-order valence-electron chi connectivity index (χ0n) is 16.6. The van der Waals surface area contributed by atoms with Crippen molar-refractivity contribution in [2.24, 2.45) is 5.41 Å². The molecule has 0 bridgehead atoms. The summed E-state index contributed by atoms with van der Waals surface area (Å²) in [7, 11) is 1.95. The molecule has 3 aromatic rings. The number of pyridine rings is 1. The number of nitrogens with one attached hydrogen (secondary N) is 2. The lowest BCUT2D eigenvalue weighted by molar-refractivity contribution is -0.115. The number of ether oxygens (including phenoxy) is 1. The van der Waals surface area contributed by atoms with Crippen LogP contribution in [-0.2, 0) is 11.2 Å². The molecule has 1 fully saturated rings. The van der Waals surface area contributed by atoms with Crippen LogP contribution in [0.2, 0.25) is 0 Å². The zero-order valence-corrected chi connectivity index (χ0v) is 16.6. The highest BCUT2D eigenvalue weighted by Crippen LogP contribution is 2.34. The average Bonchev–Trinajstić information content (AvgIpc) is 3.30. The van der Waals surface area contributed by atoms with E-state index in [2.05, 4.69) is 48.3 Å². The summed E-state index contributed by atoms with van der Waals surface area (Å²) in [4.78, 5) is 8.99. The van der Waals surface area contributed by atoms with Gasteiger partial charge in [-0.15, -0.1) is 10.2 Å². The number of nitrogens with zero attached hydrogens (tertiary/aromatic N) is 6. The maximum absolute atomic E-state index is 5.44. The highest BCUT2D eigenvalue weighted by molar-refractivity contribution is 5.64. The van der Waals surface area contributed by atoms with Gasteiger partial charge < -0.3 is 10.1 Å². The van der Waals surface area contributed by atoms with Crippen molar-refractivity contribution in [3.05, 3.63) is 48.3 Å². The first-order valence-electron chi connectivity index (χ1n) is 9.85. The standard InChI is InChI=1S/C20H24N8O/c1-3-20(12-29-13-20)11-18-26-25-17-10-14(6-9-28(17)18)15-4-7-21-19(23-15)24-16-5-8-22-27(16)2/h4-7,9-10,22H,3,8,11-13H2,1-2H3,(H,21,23,24). The van der Waals surface area contributed by atoms with Crippen molar-refractivity contribution >= 4 is 11.6 Å². The minimum atomic E-state index is 0.200. The van der Waals surface area contributed by atoms with Crippen molar-refractivity contribution in [1.82, 2.24) is 35.0 Å². The largest absolute Gasteiger partial charge is 0.380 e. The number of hydrazine groups is 1. The van der Waals surface area contributed by atoms with Crippen molar-refractivity contribution in [2.45, 2.75) is 19.8 Å². The summed E-state index contributed by atoms with van der Waals surface area (Å²) in [5.74, 6) is 2.47. The fourth-order valence-electron chi connectivity index (χ4n) is 3.71. The van der Waals surface area contributed by atoms with Crippen LogP contribution in [0.5, 0.6) is 0 Å². The third-order valence-corrected chi connectivity index (χ3v) is 5.76. The molecule has 5 heterocycles. The van der Waals surface area contributed by atoms with Crippen molar-refractivity contribution in [1.29, 1.82) is 0 Å². The predicted octanol–water partition coefficient (Wildman–Crippen LogP) is 1.86. The first kappa shape index (κ1) is 18.0. The monoisotopic (exact) mass is 392 g/mol. The van der Waals surface area contributed by atoms with E-state index < -0.39 is 0 Å². The quantitative estimate of drug-likeness (QED) is 0.657. The average molecular weight is 392 g/mol. The Bertz CT molecular complexity index is 1070. The normalized spacial score (nSPS) is 18.0. The molecule has 9 heteroatoms. The van der Waals surface area contributed by atoms with E-state index in [4.69, 9.17) is 4.74 Å². The van der Waals surface area contributed by atoms with E-state index in [0.29, 0.717) is 5.95 Å². The summed E-state index contributed by atoms with van der Waals surface area (Å²) >= 11 is 0. The third kappa shape index (κ3) is 3.32. The van der Waals surface area contributed by atoms with E-state index in [1.54, 1.807) is 6.20 Å². The fourth-order valence-corrected chi connectivity index (χ4v) is 3.71. The zero-order chi connectivity index (χ0) is 19.8. The lowest BCUT2D eigenvalue weighted by Gasteiger charge is -2.40. The fraction of sp³-hybridized carbons (Fsp3) is 0.400. The van der Waals surface area contributed by atoms with Crippen molar-refractivity contribution in [3.63, 3.8) is 0 Å². The molecular weight excluding hydrogens is 368 g/mol. The van der Waals surface area contributed by atoms with E-state index in [-0.39, 0.29) is 5.41 Å². The Hall–Kier alpha value is -3.04. The van der Waals surface area contributed by atoms with Crippen LogP contribution in [0.4, 0.5) is 5.95 Å². The molecule has 0 atom stereocenters. The molecule has 0 amide bonds. The Labute approximate surface area is 168 Å². The van der Waals surface area contributed by atoms with E-state index in [1.165, 1.54) is 0 Å². The Morgan fingerprint density at radius 3 is 2.90 bits per heavy atom. The van der Waals surface area contributed by atoms with Crippen LogP contribution < -0.4 is 10.7 Å². The number of rotatable bonds is 6. The van der Waals surface area contributed by atoms with Gasteiger partial charge in [-0.2, -0.15) is 0 Å². The Morgan fingerprint density at radius 1 is 1.28 bits per heavy atom. The predicted molar refractivity (Wildman–Crippen MR) is 109 cm³/mol. The molecule has 9 nitrogen and oxygen atoms in total. The van der Waals surface area contributed by atoms with E-state index in [1.807, 2.05) is 36.5 Å². The molecule has 3 aromatic heterocycles. The molecule has 150 valence electrons. The molecule has 5 rings (SSSR count). The molecule has 0 spiro atoms. The second-order valence-corrected chi connectivity index (χ2v) is 7.68. The van der Waals surface area contributed by atoms with Gasteiger partial charge in [0.1, 0.15) is 11.6 Å². The van der Waals surface area contributed by atoms with Gasteiger partial charge >= 0.3 is 0 Å². The van der Waals surface area contributed by atoms with Gasteiger partial charge in [0, 0.05) is 43.4 Å². The number of fused-ring (bicyclic) bond motifs is 1. The van der Waals surface area contributed by atoms with Crippen LogP contribution >= 0.6 is 0 Å². The molecule has 2 N–H and O–H groups in total. The van der Waals surface area contributed by atoms with Gasteiger partial charge in [0.05, 0.1) is 18.9 Å². The van der Waals surface area contributed by atoms with Crippen molar-refractivity contribution in [3.8, 4) is 11.3 Å². The summed E-state index contributed by atoms with van der Waals surface area (Å²) < 4.78 is 7.50. The number of hydrogen-bond donors (Lipinski definition) is 2. The van der Waals surface area contributed by atoms with E-state index >= 15 is 0 Å². The number of aromatic nitrogens is 5. The minimum Gasteiger partial charge on any atom is -0.380 e. The van der Waals surface area contributed by atoms with Gasteiger partial charge in [0.15, 0.2) is 5.65 Å². The van der Waals surface area contributed by atoms with Crippen LogP contribution in [0, 0.1) is 5.41 Å². The highest BCUT2D eigenvalue weighted by atomic mass is 16.5. The molecule has 0 aliphatic carbocycles. The maximum Gasteiger partial charge on any atom is 0.228 e. The van der Waals surface area contributed by atoms with Crippen LogP contribution in [0.1, 0.15) is 19.2 Å². The highest BCUT2D eigenvalue weighted by Gasteiger charge is 2.38. The molecule has 1 saturated heterocycles. The first-order chi connectivity index (χ1) is 14.2. The Balaban J connectivity index is 1.40. The first-order valence-corrected chi connectivity index (χ1v) is 9.85. The molecule has 0 aromatic carbocycles. The smallest absolute Gasteiger partial charge is 0.228 e.